The van der Waals surface area contributed by atoms with Gasteiger partial charge in [-0.25, -0.2) is 14.6 Å². The number of aromatic nitrogens is 2. The van der Waals surface area contributed by atoms with E-state index in [0.717, 1.165) is 34.1 Å². The second-order valence-corrected chi connectivity index (χ2v) is 19.4. The third-order valence-electron chi connectivity index (χ3n) is 13.5. The van der Waals surface area contributed by atoms with Crippen molar-refractivity contribution in [3.05, 3.63) is 81.2 Å². The van der Waals surface area contributed by atoms with Crippen molar-refractivity contribution in [3.8, 4) is 17.1 Å². The maximum absolute atomic E-state index is 13.9. The molecule has 27 heteroatoms. The molecular formula is C53H63N11O16. The maximum Gasteiger partial charge on any atom is 0.412 e. The van der Waals surface area contributed by atoms with Gasteiger partial charge in [-0.15, -0.1) is 0 Å². The molecule has 0 saturated carbocycles. The molecule has 0 bridgehead atoms. The standard InChI is InChI=1S/C53H63N11O16/c1-5-53(77)34-26-36-45-30(27-64(36)50(74)33(34)29-79-51(53)75)25-31-32(28-61(2)3)37(13-12-35(31)58-45)80-52(76)57-20-19-54-38(65)9-6-18-55-48(72)46(59-39(66)10-7-22-62-41(68)14-15-42(62)69)47(49(73)56-21-24-78-4)60-40(67)11-8-23-63-43(70)16-17-44(63)71/h12-17,25-26,46-47,77H,5-11,18-24,27-29H2,1-4H3,(H,54,65)(H,55,72)(H,56,73)(H,57,76)(H,59,66)(H,60,67)/t46-,47-,53-/m0/s1. The number of methoxy groups -OCH3 is 1. The lowest BCUT2D eigenvalue weighted by molar-refractivity contribution is -0.172. The van der Waals surface area contributed by atoms with Gasteiger partial charge < -0.3 is 60.7 Å². The number of aliphatic hydroxyl groups is 1. The molecule has 10 amide bonds. The van der Waals surface area contributed by atoms with E-state index in [-0.39, 0.29) is 121 Å². The largest absolute Gasteiger partial charge is 0.458 e. The monoisotopic (exact) mass is 1110 g/mol. The van der Waals surface area contributed by atoms with Crippen LogP contribution in [0.1, 0.15) is 74.1 Å². The number of esters is 1. The molecule has 4 aliphatic heterocycles. The topological polar surface area (TPSA) is 352 Å². The van der Waals surface area contributed by atoms with E-state index >= 15 is 0 Å². The molecule has 3 atom stereocenters. The number of benzene rings is 1. The molecule has 2 aromatic heterocycles. The zero-order valence-corrected chi connectivity index (χ0v) is 44.6. The lowest BCUT2D eigenvalue weighted by Crippen LogP contribution is -2.64. The van der Waals surface area contributed by atoms with Gasteiger partial charge in [-0.05, 0) is 64.0 Å². The van der Waals surface area contributed by atoms with Crippen LogP contribution in [0.5, 0.6) is 5.75 Å². The van der Waals surface area contributed by atoms with Crippen LogP contribution in [0.25, 0.3) is 22.3 Å². The number of imide groups is 2. The number of nitrogens with one attached hydrogen (secondary N) is 6. The van der Waals surface area contributed by atoms with E-state index < -0.39 is 88.5 Å². The molecule has 4 aliphatic rings. The first-order valence-electron chi connectivity index (χ1n) is 25.9. The minimum Gasteiger partial charge on any atom is -0.458 e. The molecule has 0 aliphatic carbocycles. The molecule has 0 saturated heterocycles. The molecule has 6 heterocycles. The fourth-order valence-corrected chi connectivity index (χ4v) is 9.40. The first-order valence-corrected chi connectivity index (χ1v) is 25.9. The first kappa shape index (κ1) is 59.0. The highest BCUT2D eigenvalue weighted by molar-refractivity contribution is 6.13. The second-order valence-electron chi connectivity index (χ2n) is 19.4. The molecule has 27 nitrogen and oxygen atoms in total. The summed E-state index contributed by atoms with van der Waals surface area (Å²) in [6.07, 6.45) is 2.92. The Hall–Kier alpha value is -8.69. The van der Waals surface area contributed by atoms with Gasteiger partial charge in [-0.2, -0.15) is 0 Å². The number of hydrogen-bond acceptors (Lipinski definition) is 18. The van der Waals surface area contributed by atoms with Crippen LogP contribution in [-0.2, 0) is 82.7 Å². The van der Waals surface area contributed by atoms with Crippen molar-refractivity contribution in [1.29, 1.82) is 0 Å². The van der Waals surface area contributed by atoms with Crippen LogP contribution in [0.3, 0.4) is 0 Å². The van der Waals surface area contributed by atoms with Gasteiger partial charge in [0, 0.05) is 119 Å². The predicted molar refractivity (Wildman–Crippen MR) is 280 cm³/mol. The highest BCUT2D eigenvalue weighted by Crippen LogP contribution is 2.40. The van der Waals surface area contributed by atoms with Crippen LogP contribution in [0.4, 0.5) is 4.79 Å². The molecule has 7 N–H and O–H groups in total. The number of carbonyl (C=O) groups is 11. The summed E-state index contributed by atoms with van der Waals surface area (Å²) in [5.74, 6) is -6.55. The summed E-state index contributed by atoms with van der Waals surface area (Å²) >= 11 is 0. The van der Waals surface area contributed by atoms with Crippen LogP contribution >= 0.6 is 0 Å². The summed E-state index contributed by atoms with van der Waals surface area (Å²) in [6, 6.07) is 3.34. The Morgan fingerprint density at radius 1 is 0.750 bits per heavy atom. The average molecular weight is 1110 g/mol. The third-order valence-corrected chi connectivity index (χ3v) is 13.5. The molecule has 0 fully saturated rings. The Morgan fingerprint density at radius 3 is 1.90 bits per heavy atom. The van der Waals surface area contributed by atoms with Crippen molar-refractivity contribution in [2.45, 2.75) is 89.3 Å². The van der Waals surface area contributed by atoms with Crippen molar-refractivity contribution in [2.24, 2.45) is 0 Å². The number of hydrogen-bond donors (Lipinski definition) is 7. The number of fused-ring (bicyclic) bond motifs is 5. The highest BCUT2D eigenvalue weighted by Gasteiger charge is 2.45. The van der Waals surface area contributed by atoms with Crippen molar-refractivity contribution < 1.29 is 72.1 Å². The summed E-state index contributed by atoms with van der Waals surface area (Å²) in [6.45, 7) is 1.46. The van der Waals surface area contributed by atoms with E-state index in [1.54, 1.807) is 25.1 Å². The fourth-order valence-electron chi connectivity index (χ4n) is 9.40. The molecule has 0 spiro atoms. The summed E-state index contributed by atoms with van der Waals surface area (Å²) in [4.78, 5) is 163. The molecule has 0 radical (unpaired) electrons. The molecular weight excluding hydrogens is 1050 g/mol. The van der Waals surface area contributed by atoms with Crippen LogP contribution in [-0.4, -0.2) is 174 Å². The molecule has 3 aromatic rings. The zero-order valence-electron chi connectivity index (χ0n) is 44.6. The minimum absolute atomic E-state index is 0.00219. The van der Waals surface area contributed by atoms with Gasteiger partial charge in [0.2, 0.25) is 29.5 Å². The van der Waals surface area contributed by atoms with Crippen molar-refractivity contribution in [1.82, 2.24) is 56.2 Å². The number of ether oxygens (including phenoxy) is 3. The van der Waals surface area contributed by atoms with Crippen molar-refractivity contribution in [3.63, 3.8) is 0 Å². The van der Waals surface area contributed by atoms with E-state index in [1.807, 2.05) is 25.1 Å². The summed E-state index contributed by atoms with van der Waals surface area (Å²) in [5, 5.41) is 27.3. The van der Waals surface area contributed by atoms with Gasteiger partial charge in [-0.3, -0.25) is 57.7 Å². The number of rotatable bonds is 27. The second kappa shape index (κ2) is 26.3. The zero-order chi connectivity index (χ0) is 57.8. The number of nitrogens with zero attached hydrogens (tertiary/aromatic N) is 5. The fraction of sp³-hybridized carbons (Fsp3) is 0.453. The highest BCUT2D eigenvalue weighted by atomic mass is 16.6. The van der Waals surface area contributed by atoms with E-state index in [2.05, 4.69) is 31.9 Å². The Morgan fingerprint density at radius 2 is 1.32 bits per heavy atom. The van der Waals surface area contributed by atoms with Gasteiger partial charge in [0.25, 0.3) is 29.2 Å². The molecule has 1 aromatic carbocycles. The van der Waals surface area contributed by atoms with Crippen LogP contribution < -0.4 is 42.2 Å². The van der Waals surface area contributed by atoms with E-state index in [0.29, 0.717) is 40.0 Å². The Bertz CT molecular complexity index is 3100. The smallest absolute Gasteiger partial charge is 0.412 e. The van der Waals surface area contributed by atoms with E-state index in [9.17, 15) is 62.6 Å². The first-order chi connectivity index (χ1) is 38.2. The lowest BCUT2D eigenvalue weighted by atomic mass is 9.86. The minimum atomic E-state index is -1.98. The van der Waals surface area contributed by atoms with Gasteiger partial charge >= 0.3 is 12.1 Å². The summed E-state index contributed by atoms with van der Waals surface area (Å²) in [5.41, 5.74) is 0.840. The Kier molecular flexibility index (Phi) is 19.4. The summed E-state index contributed by atoms with van der Waals surface area (Å²) in [7, 11) is 5.06. The van der Waals surface area contributed by atoms with E-state index in [1.165, 1.54) is 11.7 Å². The molecule has 0 unspecified atom stereocenters. The van der Waals surface area contributed by atoms with Gasteiger partial charge in [0.05, 0.1) is 35.6 Å². The quantitative estimate of drug-likeness (QED) is 0.0201. The predicted octanol–water partition coefficient (Wildman–Crippen LogP) is -1.62. The van der Waals surface area contributed by atoms with E-state index in [4.69, 9.17) is 19.2 Å². The molecule has 7 rings (SSSR count). The van der Waals surface area contributed by atoms with Crippen molar-refractivity contribution in [2.75, 3.05) is 67.1 Å². The third kappa shape index (κ3) is 13.8. The Labute approximate surface area is 457 Å². The van der Waals surface area contributed by atoms with Crippen LogP contribution in [0.15, 0.2) is 53.4 Å². The number of cyclic esters (lactones) is 1. The van der Waals surface area contributed by atoms with Crippen molar-refractivity contribution >= 4 is 76.1 Å². The number of amides is 10. The Balaban J connectivity index is 0.925. The van der Waals surface area contributed by atoms with Gasteiger partial charge in [0.1, 0.15) is 24.4 Å². The maximum atomic E-state index is 13.9. The van der Waals surface area contributed by atoms with Crippen LogP contribution in [0.2, 0.25) is 0 Å². The molecule has 426 valence electrons. The average Bonchev–Trinajstić information content (AvgIpc) is 4.14. The number of pyridine rings is 2. The normalized spacial score (nSPS) is 16.8. The van der Waals surface area contributed by atoms with Gasteiger partial charge in [0.15, 0.2) is 5.60 Å². The lowest BCUT2D eigenvalue weighted by Gasteiger charge is -2.31. The van der Waals surface area contributed by atoms with Gasteiger partial charge in [-0.1, -0.05) is 6.92 Å². The van der Waals surface area contributed by atoms with Crippen LogP contribution in [0, 0.1) is 0 Å². The number of carbonyl (C=O) groups excluding carboxylic acids is 11. The summed E-state index contributed by atoms with van der Waals surface area (Å²) < 4.78 is 17.5. The molecule has 80 heavy (non-hydrogen) atoms. The SMILES string of the molecule is CC[C@@]1(O)C(=O)OCc2c1cc1n(c2=O)Cc2cc3c(CN(C)C)c(OC(=O)NCCNC(=O)CCCNC(=O)[C@@H](NC(=O)CCCN4C(=O)C=CC4=O)[C@H](NC(=O)CCCN4C(=O)C=CC4=O)C(=O)NCCOC)ccc3nc2-1.